The molecule has 2 aromatic carbocycles. The van der Waals surface area contributed by atoms with Crippen LogP contribution in [-0.2, 0) is 19.6 Å². The first-order chi connectivity index (χ1) is 17.8. The Balaban J connectivity index is 1.61. The number of unbranched alkanes of at least 4 members (excludes halogenated alkanes) is 1. The normalized spacial score (nSPS) is 17.2. The molecule has 0 bridgehead atoms. The number of hydrogen-bond donors (Lipinski definition) is 1. The van der Waals surface area contributed by atoms with Crippen LogP contribution in [0.1, 0.15) is 63.0 Å². The van der Waals surface area contributed by atoms with Crippen molar-refractivity contribution in [1.82, 2.24) is 9.62 Å². The average molecular weight is 550 g/mol. The molecular weight excluding hydrogens is 517 g/mol. The van der Waals surface area contributed by atoms with Crippen molar-refractivity contribution >= 4 is 39.1 Å². The third kappa shape index (κ3) is 7.30. The SMILES string of the molecule is O=C(NC1CCCCC1)[C@H](c1ccccc1Cl)N(C(=O)CCCCS(=O)(=O)N1CC1)c1cccc(F)c1. The minimum Gasteiger partial charge on any atom is -0.351 e. The molecule has 1 aliphatic heterocycles. The molecule has 10 heteroatoms. The number of carbonyl (C=O) groups excluding carboxylic acids is 2. The van der Waals surface area contributed by atoms with Crippen molar-refractivity contribution in [3.05, 3.63) is 64.9 Å². The van der Waals surface area contributed by atoms with Gasteiger partial charge in [0.05, 0.1) is 5.75 Å². The fraction of sp³-hybridized carbons (Fsp3) is 0.481. The quantitative estimate of drug-likeness (QED) is 0.322. The highest BCUT2D eigenvalue weighted by atomic mass is 35.5. The molecule has 1 saturated heterocycles. The van der Waals surface area contributed by atoms with Gasteiger partial charge in [-0.2, -0.15) is 4.31 Å². The van der Waals surface area contributed by atoms with Crippen LogP contribution in [0.15, 0.2) is 48.5 Å². The summed E-state index contributed by atoms with van der Waals surface area (Å²) < 4.78 is 40.0. The largest absolute Gasteiger partial charge is 0.351 e. The molecule has 4 rings (SSSR count). The second kappa shape index (κ2) is 12.4. The summed E-state index contributed by atoms with van der Waals surface area (Å²) in [6.07, 6.45) is 5.53. The third-order valence-electron chi connectivity index (χ3n) is 6.86. The lowest BCUT2D eigenvalue weighted by Crippen LogP contribution is -2.47. The topological polar surface area (TPSA) is 86.6 Å². The minimum atomic E-state index is -3.28. The highest BCUT2D eigenvalue weighted by Crippen LogP contribution is 2.34. The summed E-state index contributed by atoms with van der Waals surface area (Å²) in [6.45, 7) is 1.09. The molecule has 0 unspecified atom stereocenters. The molecule has 0 spiro atoms. The Hall–Kier alpha value is -2.49. The number of sulfonamides is 1. The minimum absolute atomic E-state index is 0.00155. The Morgan fingerprint density at radius 3 is 2.46 bits per heavy atom. The van der Waals surface area contributed by atoms with Crippen LogP contribution in [0.25, 0.3) is 0 Å². The first kappa shape index (κ1) is 27.5. The van der Waals surface area contributed by atoms with Gasteiger partial charge >= 0.3 is 0 Å². The van der Waals surface area contributed by atoms with Crippen LogP contribution >= 0.6 is 11.6 Å². The van der Waals surface area contributed by atoms with Crippen molar-refractivity contribution in [3.63, 3.8) is 0 Å². The lowest BCUT2D eigenvalue weighted by Gasteiger charge is -2.34. The molecule has 0 aromatic heterocycles. The van der Waals surface area contributed by atoms with Gasteiger partial charge in [0, 0.05) is 41.8 Å². The van der Waals surface area contributed by atoms with E-state index in [0.717, 1.165) is 32.1 Å². The molecule has 7 nitrogen and oxygen atoms in total. The summed E-state index contributed by atoms with van der Waals surface area (Å²) in [5, 5.41) is 3.43. The van der Waals surface area contributed by atoms with E-state index in [1.54, 1.807) is 30.3 Å². The van der Waals surface area contributed by atoms with Crippen LogP contribution in [0.4, 0.5) is 10.1 Å². The fourth-order valence-electron chi connectivity index (χ4n) is 4.81. The molecule has 0 radical (unpaired) electrons. The van der Waals surface area contributed by atoms with E-state index in [-0.39, 0.29) is 29.8 Å². The van der Waals surface area contributed by atoms with Crippen LogP contribution < -0.4 is 10.2 Å². The predicted molar refractivity (Wildman–Crippen MR) is 142 cm³/mol. The van der Waals surface area contributed by atoms with Crippen molar-refractivity contribution in [2.24, 2.45) is 0 Å². The number of hydrogen-bond acceptors (Lipinski definition) is 4. The molecule has 1 N–H and O–H groups in total. The summed E-state index contributed by atoms with van der Waals surface area (Å²) in [4.78, 5) is 28.7. The molecule has 1 atom stereocenters. The van der Waals surface area contributed by atoms with Gasteiger partial charge in [-0.15, -0.1) is 0 Å². The number of nitrogens with one attached hydrogen (secondary N) is 1. The zero-order chi connectivity index (χ0) is 26.4. The van der Waals surface area contributed by atoms with Crippen molar-refractivity contribution in [3.8, 4) is 0 Å². The number of rotatable bonds is 11. The van der Waals surface area contributed by atoms with E-state index in [2.05, 4.69) is 5.32 Å². The molecular formula is C27H33ClFN3O4S. The molecule has 2 aromatic rings. The van der Waals surface area contributed by atoms with Gasteiger partial charge in [-0.05, 0) is 49.9 Å². The van der Waals surface area contributed by atoms with Gasteiger partial charge < -0.3 is 5.32 Å². The van der Waals surface area contributed by atoms with Crippen LogP contribution in [0.3, 0.4) is 0 Å². The van der Waals surface area contributed by atoms with E-state index in [9.17, 15) is 22.4 Å². The maximum absolute atomic E-state index is 14.3. The lowest BCUT2D eigenvalue weighted by molar-refractivity contribution is -0.127. The Morgan fingerprint density at radius 2 is 1.78 bits per heavy atom. The summed E-state index contributed by atoms with van der Waals surface area (Å²) in [5.41, 5.74) is 0.685. The highest BCUT2D eigenvalue weighted by Gasteiger charge is 2.35. The van der Waals surface area contributed by atoms with E-state index in [1.807, 2.05) is 0 Å². The molecule has 2 amide bonds. The van der Waals surface area contributed by atoms with Crippen LogP contribution in [0, 0.1) is 5.82 Å². The number of amides is 2. The van der Waals surface area contributed by atoms with Gasteiger partial charge in [0.25, 0.3) is 0 Å². The Morgan fingerprint density at radius 1 is 1.05 bits per heavy atom. The Labute approximate surface area is 223 Å². The van der Waals surface area contributed by atoms with E-state index in [4.69, 9.17) is 11.6 Å². The number of halogens is 2. The molecule has 1 aliphatic carbocycles. The van der Waals surface area contributed by atoms with E-state index in [0.29, 0.717) is 36.5 Å². The second-order valence-electron chi connectivity index (χ2n) is 9.68. The standard InChI is InChI=1S/C27H33ClFN3O4S/c28-24-14-5-4-13-23(24)26(27(34)30-21-10-2-1-3-11-21)32(22-12-8-9-20(29)19-22)25(33)15-6-7-18-37(35,36)31-16-17-31/h4-5,8-9,12-14,19,21,26H,1-3,6-7,10-11,15-18H2,(H,30,34)/t26-/m0/s1. The predicted octanol–water partition coefficient (Wildman–Crippen LogP) is 4.82. The molecule has 2 fully saturated rings. The van der Waals surface area contributed by atoms with Crippen molar-refractivity contribution < 1.29 is 22.4 Å². The second-order valence-corrected chi connectivity index (χ2v) is 12.2. The van der Waals surface area contributed by atoms with E-state index in [1.165, 1.54) is 27.4 Å². The smallest absolute Gasteiger partial charge is 0.248 e. The summed E-state index contributed by atoms with van der Waals surface area (Å²) in [6, 6.07) is 11.3. The Kier molecular flexibility index (Phi) is 9.21. The Bertz CT molecular complexity index is 1220. The van der Waals surface area contributed by atoms with E-state index >= 15 is 0 Å². The first-order valence-corrected chi connectivity index (χ1v) is 14.9. The third-order valence-corrected chi connectivity index (χ3v) is 9.16. The van der Waals surface area contributed by atoms with Gasteiger partial charge in [0.15, 0.2) is 0 Å². The number of nitrogens with zero attached hydrogens (tertiary/aromatic N) is 2. The van der Waals surface area contributed by atoms with E-state index < -0.39 is 27.8 Å². The maximum Gasteiger partial charge on any atom is 0.248 e. The van der Waals surface area contributed by atoms with Crippen molar-refractivity contribution in [2.75, 3.05) is 23.7 Å². The highest BCUT2D eigenvalue weighted by molar-refractivity contribution is 7.89. The van der Waals surface area contributed by atoms with Crippen molar-refractivity contribution in [1.29, 1.82) is 0 Å². The summed E-state index contributed by atoms with van der Waals surface area (Å²) in [5.74, 6) is -1.35. The first-order valence-electron chi connectivity index (χ1n) is 12.9. The van der Waals surface area contributed by atoms with Gasteiger partial charge in [0.1, 0.15) is 11.9 Å². The zero-order valence-corrected chi connectivity index (χ0v) is 22.3. The van der Waals surface area contributed by atoms with Gasteiger partial charge in [-0.1, -0.05) is 55.1 Å². The summed E-state index contributed by atoms with van der Waals surface area (Å²) >= 11 is 6.52. The van der Waals surface area contributed by atoms with Crippen molar-refractivity contribution in [2.45, 2.75) is 63.5 Å². The summed E-state index contributed by atoms with van der Waals surface area (Å²) in [7, 11) is -3.28. The lowest BCUT2D eigenvalue weighted by atomic mass is 9.94. The van der Waals surface area contributed by atoms with Crippen LogP contribution in [-0.4, -0.2) is 49.4 Å². The maximum atomic E-state index is 14.3. The van der Waals surface area contributed by atoms with Crippen LogP contribution in [0.2, 0.25) is 5.02 Å². The number of carbonyl (C=O) groups is 2. The number of benzene rings is 2. The zero-order valence-electron chi connectivity index (χ0n) is 20.7. The average Bonchev–Trinajstić information content (AvgIpc) is 3.73. The van der Waals surface area contributed by atoms with Gasteiger partial charge in [-0.3, -0.25) is 14.5 Å². The molecule has 1 saturated carbocycles. The fourth-order valence-corrected chi connectivity index (χ4v) is 6.52. The molecule has 2 aliphatic rings. The molecule has 37 heavy (non-hydrogen) atoms. The van der Waals surface area contributed by atoms with Crippen LogP contribution in [0.5, 0.6) is 0 Å². The van der Waals surface area contributed by atoms with Gasteiger partial charge in [-0.25, -0.2) is 12.8 Å². The number of anilines is 1. The van der Waals surface area contributed by atoms with Gasteiger partial charge in [0.2, 0.25) is 21.8 Å². The molecule has 1 heterocycles. The monoisotopic (exact) mass is 549 g/mol. The molecule has 200 valence electrons.